The zero-order chi connectivity index (χ0) is 19.2. The lowest BCUT2D eigenvalue weighted by molar-refractivity contribution is -0.134. The lowest BCUT2D eigenvalue weighted by Crippen LogP contribution is -2.42. The van der Waals surface area contributed by atoms with Crippen molar-refractivity contribution in [2.75, 3.05) is 19.8 Å². The Bertz CT molecular complexity index is 785. The van der Waals surface area contributed by atoms with Crippen molar-refractivity contribution in [2.24, 2.45) is 5.92 Å². The average molecular weight is 375 g/mol. The molecule has 2 aromatic heterocycles. The quantitative estimate of drug-likeness (QED) is 0.612. The first-order valence-electron chi connectivity index (χ1n) is 8.68. The van der Waals surface area contributed by atoms with E-state index in [1.54, 1.807) is 16.9 Å². The number of aromatic nitrogens is 4. The van der Waals surface area contributed by atoms with Gasteiger partial charge in [-0.2, -0.15) is 0 Å². The van der Waals surface area contributed by atoms with Crippen LogP contribution in [0.15, 0.2) is 24.5 Å². The van der Waals surface area contributed by atoms with Crippen LogP contribution in [0, 0.1) is 5.92 Å². The van der Waals surface area contributed by atoms with Crippen molar-refractivity contribution < 1.29 is 24.5 Å². The molecule has 0 radical (unpaired) electrons. The predicted octanol–water partition coefficient (Wildman–Crippen LogP) is -0.0580. The van der Waals surface area contributed by atoms with Crippen LogP contribution < -0.4 is 5.32 Å². The maximum absolute atomic E-state index is 12.0. The minimum atomic E-state index is -1.05. The van der Waals surface area contributed by atoms with Crippen LogP contribution in [0.25, 0.3) is 11.4 Å². The molecule has 0 bridgehead atoms. The summed E-state index contributed by atoms with van der Waals surface area (Å²) in [6.45, 7) is 1.82. The SMILES string of the molecule is O=C(O)c1ccc(-c2cn(CCNC(=O)[C@H](O)C3CCOCC3)nn2)nc1. The highest BCUT2D eigenvalue weighted by atomic mass is 16.5. The van der Waals surface area contributed by atoms with Crippen LogP contribution in [0.5, 0.6) is 0 Å². The molecule has 1 atom stereocenters. The van der Waals surface area contributed by atoms with Crippen molar-refractivity contribution in [1.82, 2.24) is 25.3 Å². The maximum Gasteiger partial charge on any atom is 0.337 e. The van der Waals surface area contributed by atoms with Gasteiger partial charge in [-0.05, 0) is 30.9 Å². The summed E-state index contributed by atoms with van der Waals surface area (Å²) < 4.78 is 6.77. The van der Waals surface area contributed by atoms with E-state index in [-0.39, 0.29) is 11.5 Å². The van der Waals surface area contributed by atoms with E-state index in [1.165, 1.54) is 12.3 Å². The third-order valence-electron chi connectivity index (χ3n) is 4.43. The Morgan fingerprint density at radius 3 is 2.74 bits per heavy atom. The summed E-state index contributed by atoms with van der Waals surface area (Å²) in [5, 5.41) is 29.6. The molecule has 3 N–H and O–H groups in total. The summed E-state index contributed by atoms with van der Waals surface area (Å²) in [7, 11) is 0. The number of amides is 1. The summed E-state index contributed by atoms with van der Waals surface area (Å²) in [6.07, 6.45) is 3.24. The second kappa shape index (κ2) is 8.69. The number of carboxylic acids is 1. The molecule has 1 fully saturated rings. The topological polar surface area (TPSA) is 139 Å². The lowest BCUT2D eigenvalue weighted by Gasteiger charge is -2.25. The molecule has 0 aliphatic carbocycles. The number of carboxylic acid groups (broad SMARTS) is 1. The van der Waals surface area contributed by atoms with Gasteiger partial charge in [0.05, 0.1) is 24.0 Å². The molecule has 1 amide bonds. The molecule has 1 aliphatic rings. The minimum Gasteiger partial charge on any atom is -0.478 e. The largest absolute Gasteiger partial charge is 0.478 e. The Morgan fingerprint density at radius 2 is 2.07 bits per heavy atom. The van der Waals surface area contributed by atoms with Gasteiger partial charge in [0.2, 0.25) is 5.91 Å². The van der Waals surface area contributed by atoms with Gasteiger partial charge < -0.3 is 20.3 Å². The molecule has 27 heavy (non-hydrogen) atoms. The number of aliphatic hydroxyl groups is 1. The summed E-state index contributed by atoms with van der Waals surface area (Å²) >= 11 is 0. The first-order chi connectivity index (χ1) is 13.0. The normalized spacial score (nSPS) is 16.0. The molecule has 3 rings (SSSR count). The van der Waals surface area contributed by atoms with Crippen LogP contribution >= 0.6 is 0 Å². The van der Waals surface area contributed by atoms with Crippen molar-refractivity contribution >= 4 is 11.9 Å². The zero-order valence-electron chi connectivity index (χ0n) is 14.6. The number of carbonyl (C=O) groups is 2. The fraction of sp³-hybridized carbons (Fsp3) is 0.471. The number of rotatable bonds is 7. The number of hydrogen-bond donors (Lipinski definition) is 3. The van der Waals surface area contributed by atoms with Gasteiger partial charge in [-0.3, -0.25) is 14.5 Å². The Hall–Kier alpha value is -2.85. The van der Waals surface area contributed by atoms with Gasteiger partial charge in [-0.25, -0.2) is 4.79 Å². The molecular weight excluding hydrogens is 354 g/mol. The molecule has 10 heteroatoms. The van der Waals surface area contributed by atoms with E-state index < -0.39 is 18.0 Å². The number of hydrogen-bond acceptors (Lipinski definition) is 7. The van der Waals surface area contributed by atoms with Crippen LogP contribution in [-0.2, 0) is 16.1 Å². The van der Waals surface area contributed by atoms with Crippen LogP contribution in [-0.4, -0.2) is 67.9 Å². The van der Waals surface area contributed by atoms with E-state index in [1.807, 2.05) is 0 Å². The van der Waals surface area contributed by atoms with Gasteiger partial charge in [-0.1, -0.05) is 5.21 Å². The van der Waals surface area contributed by atoms with Crippen molar-refractivity contribution in [2.45, 2.75) is 25.5 Å². The number of ether oxygens (including phenoxy) is 1. The van der Waals surface area contributed by atoms with Crippen LogP contribution in [0.3, 0.4) is 0 Å². The molecule has 144 valence electrons. The average Bonchev–Trinajstić information content (AvgIpc) is 3.17. The lowest BCUT2D eigenvalue weighted by atomic mass is 9.93. The van der Waals surface area contributed by atoms with E-state index in [0.29, 0.717) is 50.5 Å². The molecule has 3 heterocycles. The summed E-state index contributed by atoms with van der Waals surface area (Å²) in [6, 6.07) is 3.01. The molecule has 1 saturated heterocycles. The first kappa shape index (κ1) is 18.9. The Labute approximate surface area is 155 Å². The number of pyridine rings is 1. The summed E-state index contributed by atoms with van der Waals surface area (Å²) in [5.74, 6) is -1.51. The second-order valence-corrected chi connectivity index (χ2v) is 6.29. The van der Waals surface area contributed by atoms with Crippen LogP contribution in [0.2, 0.25) is 0 Å². The van der Waals surface area contributed by atoms with E-state index >= 15 is 0 Å². The van der Waals surface area contributed by atoms with Crippen molar-refractivity contribution in [3.05, 3.63) is 30.1 Å². The fourth-order valence-corrected chi connectivity index (χ4v) is 2.84. The molecule has 0 saturated carbocycles. The molecule has 0 spiro atoms. The smallest absolute Gasteiger partial charge is 0.337 e. The predicted molar refractivity (Wildman–Crippen MR) is 92.8 cm³/mol. The Kier molecular flexibility index (Phi) is 6.09. The van der Waals surface area contributed by atoms with Gasteiger partial charge in [0.25, 0.3) is 0 Å². The van der Waals surface area contributed by atoms with E-state index in [2.05, 4.69) is 20.6 Å². The number of nitrogens with zero attached hydrogens (tertiary/aromatic N) is 4. The van der Waals surface area contributed by atoms with E-state index in [4.69, 9.17) is 9.84 Å². The summed E-state index contributed by atoms with van der Waals surface area (Å²) in [5.41, 5.74) is 1.10. The van der Waals surface area contributed by atoms with Gasteiger partial charge in [0, 0.05) is 26.0 Å². The Balaban J connectivity index is 1.49. The van der Waals surface area contributed by atoms with Crippen LogP contribution in [0.4, 0.5) is 0 Å². The highest BCUT2D eigenvalue weighted by Gasteiger charge is 2.27. The first-order valence-corrected chi connectivity index (χ1v) is 8.68. The highest BCUT2D eigenvalue weighted by molar-refractivity contribution is 5.87. The second-order valence-electron chi connectivity index (χ2n) is 6.29. The van der Waals surface area contributed by atoms with E-state index in [0.717, 1.165) is 0 Å². The number of carbonyl (C=O) groups excluding carboxylic acids is 1. The van der Waals surface area contributed by atoms with Gasteiger partial charge in [-0.15, -0.1) is 5.10 Å². The molecule has 2 aromatic rings. The molecule has 10 nitrogen and oxygen atoms in total. The third-order valence-corrected chi connectivity index (χ3v) is 4.43. The molecular formula is C17H21N5O5. The zero-order valence-corrected chi connectivity index (χ0v) is 14.6. The van der Waals surface area contributed by atoms with Crippen molar-refractivity contribution in [1.29, 1.82) is 0 Å². The number of aliphatic hydroxyl groups excluding tert-OH is 1. The monoisotopic (exact) mass is 375 g/mol. The van der Waals surface area contributed by atoms with Crippen LogP contribution in [0.1, 0.15) is 23.2 Å². The minimum absolute atomic E-state index is 0.0726. The summed E-state index contributed by atoms with van der Waals surface area (Å²) in [4.78, 5) is 26.9. The van der Waals surface area contributed by atoms with Gasteiger partial charge in [0.15, 0.2) is 0 Å². The van der Waals surface area contributed by atoms with Gasteiger partial charge in [0.1, 0.15) is 11.8 Å². The Morgan fingerprint density at radius 1 is 1.30 bits per heavy atom. The van der Waals surface area contributed by atoms with Crippen molar-refractivity contribution in [3.63, 3.8) is 0 Å². The molecule has 0 aromatic carbocycles. The maximum atomic E-state index is 12.0. The molecule has 1 aliphatic heterocycles. The molecule has 0 unspecified atom stereocenters. The van der Waals surface area contributed by atoms with E-state index in [9.17, 15) is 14.7 Å². The fourth-order valence-electron chi connectivity index (χ4n) is 2.84. The third kappa shape index (κ3) is 4.86. The van der Waals surface area contributed by atoms with Gasteiger partial charge >= 0.3 is 5.97 Å². The van der Waals surface area contributed by atoms with Crippen molar-refractivity contribution in [3.8, 4) is 11.4 Å². The standard InChI is InChI=1S/C17H21N5O5/c23-15(11-3-7-27-8-4-11)16(24)18-5-6-22-10-14(20-21-22)13-2-1-12(9-19-13)17(25)26/h1-2,9-11,15,23H,3-8H2,(H,18,24)(H,25,26)/t15-/m1/s1. The highest BCUT2D eigenvalue weighted by Crippen LogP contribution is 2.18. The number of aromatic carboxylic acids is 1. The number of nitrogens with one attached hydrogen (secondary N) is 1.